The molecular formula is C14H25N3. The first kappa shape index (κ1) is 14.0. The maximum atomic E-state index is 4.52. The molecule has 0 amide bonds. The highest BCUT2D eigenvalue weighted by Crippen LogP contribution is 2.22. The summed E-state index contributed by atoms with van der Waals surface area (Å²) in [6, 6.07) is 0.434. The van der Waals surface area contributed by atoms with Crippen LogP contribution >= 0.6 is 0 Å². The number of rotatable bonds is 8. The van der Waals surface area contributed by atoms with Crippen molar-refractivity contribution >= 4 is 0 Å². The molecule has 1 aromatic heterocycles. The third kappa shape index (κ3) is 4.00. The molecule has 0 aliphatic rings. The van der Waals surface area contributed by atoms with Crippen LogP contribution in [0.4, 0.5) is 0 Å². The van der Waals surface area contributed by atoms with Gasteiger partial charge >= 0.3 is 0 Å². The number of hydrogen-bond donors (Lipinski definition) is 1. The van der Waals surface area contributed by atoms with Crippen molar-refractivity contribution in [2.75, 3.05) is 6.54 Å². The molecule has 0 radical (unpaired) electrons. The number of aromatic nitrogens is 2. The van der Waals surface area contributed by atoms with Crippen LogP contribution in [0, 0.1) is 0 Å². The van der Waals surface area contributed by atoms with E-state index >= 15 is 0 Å². The van der Waals surface area contributed by atoms with E-state index in [-0.39, 0.29) is 0 Å². The summed E-state index contributed by atoms with van der Waals surface area (Å²) in [6.45, 7) is 9.09. The second-order valence-corrected chi connectivity index (χ2v) is 4.39. The Hall–Kier alpha value is -1.09. The lowest BCUT2D eigenvalue weighted by atomic mass is 10.0. The highest BCUT2D eigenvalue weighted by atomic mass is 15.3. The average Bonchev–Trinajstić information content (AvgIpc) is 2.69. The van der Waals surface area contributed by atoms with Gasteiger partial charge in [0, 0.05) is 24.8 Å². The zero-order valence-electron chi connectivity index (χ0n) is 11.4. The fourth-order valence-corrected chi connectivity index (χ4v) is 2.20. The molecule has 1 heterocycles. The molecule has 0 aliphatic heterocycles. The van der Waals surface area contributed by atoms with E-state index in [9.17, 15) is 0 Å². The Morgan fingerprint density at radius 2 is 2.29 bits per heavy atom. The molecular weight excluding hydrogens is 210 g/mol. The van der Waals surface area contributed by atoms with Gasteiger partial charge in [-0.25, -0.2) is 0 Å². The summed E-state index contributed by atoms with van der Waals surface area (Å²) in [7, 11) is 2.00. The first-order valence-corrected chi connectivity index (χ1v) is 6.59. The molecule has 1 aromatic rings. The number of allylic oxidation sites excluding steroid dienone is 1. The summed E-state index contributed by atoms with van der Waals surface area (Å²) in [6.07, 6.45) is 8.56. The predicted octanol–water partition coefficient (Wildman–Crippen LogP) is 2.99. The Kier molecular flexibility index (Phi) is 5.98. The van der Waals surface area contributed by atoms with Crippen LogP contribution in [0.25, 0.3) is 0 Å². The molecule has 0 fully saturated rings. The molecule has 1 N–H and O–H groups in total. The summed E-state index contributed by atoms with van der Waals surface area (Å²) in [5.41, 5.74) is 2.58. The molecule has 17 heavy (non-hydrogen) atoms. The summed E-state index contributed by atoms with van der Waals surface area (Å²) in [4.78, 5) is 0. The Labute approximate surface area is 105 Å². The Morgan fingerprint density at radius 3 is 2.88 bits per heavy atom. The smallest absolute Gasteiger partial charge is 0.0669 e. The van der Waals surface area contributed by atoms with Gasteiger partial charge in [-0.3, -0.25) is 4.68 Å². The van der Waals surface area contributed by atoms with Crippen LogP contribution in [-0.2, 0) is 13.5 Å². The van der Waals surface area contributed by atoms with Crippen LogP contribution in [0.2, 0.25) is 0 Å². The van der Waals surface area contributed by atoms with Crippen molar-refractivity contribution in [3.8, 4) is 0 Å². The molecule has 0 spiro atoms. The van der Waals surface area contributed by atoms with Crippen molar-refractivity contribution in [3.63, 3.8) is 0 Å². The molecule has 3 nitrogen and oxygen atoms in total. The van der Waals surface area contributed by atoms with Gasteiger partial charge in [-0.15, -0.1) is 6.58 Å². The highest BCUT2D eigenvalue weighted by molar-refractivity contribution is 5.21. The molecule has 0 saturated heterocycles. The first-order valence-electron chi connectivity index (χ1n) is 6.59. The van der Waals surface area contributed by atoms with E-state index in [1.54, 1.807) is 0 Å². The fourth-order valence-electron chi connectivity index (χ4n) is 2.20. The lowest BCUT2D eigenvalue weighted by Crippen LogP contribution is -2.21. The van der Waals surface area contributed by atoms with Gasteiger partial charge in [0.25, 0.3) is 0 Å². The van der Waals surface area contributed by atoms with Crippen LogP contribution in [0.3, 0.4) is 0 Å². The second-order valence-electron chi connectivity index (χ2n) is 4.39. The average molecular weight is 235 g/mol. The third-order valence-electron chi connectivity index (χ3n) is 3.00. The fraction of sp³-hybridized carbons (Fsp3) is 0.643. The van der Waals surface area contributed by atoms with Crippen molar-refractivity contribution in [1.29, 1.82) is 0 Å². The van der Waals surface area contributed by atoms with Crippen molar-refractivity contribution in [3.05, 3.63) is 30.1 Å². The van der Waals surface area contributed by atoms with E-state index in [4.69, 9.17) is 0 Å². The van der Waals surface area contributed by atoms with Crippen molar-refractivity contribution in [2.24, 2.45) is 7.05 Å². The third-order valence-corrected chi connectivity index (χ3v) is 3.00. The summed E-state index contributed by atoms with van der Waals surface area (Å²) in [5.74, 6) is 0. The van der Waals surface area contributed by atoms with Crippen LogP contribution < -0.4 is 5.32 Å². The summed E-state index contributed by atoms with van der Waals surface area (Å²) in [5, 5.41) is 8.08. The van der Waals surface area contributed by atoms with Gasteiger partial charge < -0.3 is 5.32 Å². The number of aryl methyl sites for hydroxylation is 2. The van der Waals surface area contributed by atoms with Gasteiger partial charge in [0.05, 0.1) is 5.69 Å². The first-order chi connectivity index (χ1) is 8.22. The zero-order chi connectivity index (χ0) is 12.7. The molecule has 1 atom stereocenters. The standard InChI is InChI=1S/C14H25N3/c1-5-8-9-10-14(15-7-3)12-11-17(4)16-13(12)6-2/h5,11,14-15H,1,6-10H2,2-4H3. The summed E-state index contributed by atoms with van der Waals surface area (Å²) < 4.78 is 1.92. The van der Waals surface area contributed by atoms with Gasteiger partial charge in [-0.05, 0) is 32.2 Å². The van der Waals surface area contributed by atoms with Crippen LogP contribution in [0.15, 0.2) is 18.9 Å². The molecule has 96 valence electrons. The molecule has 0 aromatic carbocycles. The van der Waals surface area contributed by atoms with Crippen molar-refractivity contribution < 1.29 is 0 Å². The zero-order valence-corrected chi connectivity index (χ0v) is 11.4. The van der Waals surface area contributed by atoms with Crippen molar-refractivity contribution in [2.45, 2.75) is 45.6 Å². The van der Waals surface area contributed by atoms with Gasteiger partial charge in [0.2, 0.25) is 0 Å². The molecule has 1 rings (SSSR count). The quantitative estimate of drug-likeness (QED) is 0.554. The van der Waals surface area contributed by atoms with Crippen molar-refractivity contribution in [1.82, 2.24) is 15.1 Å². The number of hydrogen-bond acceptors (Lipinski definition) is 2. The SMILES string of the molecule is C=CCCCC(NCC)c1cn(C)nc1CC. The largest absolute Gasteiger partial charge is 0.310 e. The lowest BCUT2D eigenvalue weighted by molar-refractivity contribution is 0.497. The maximum absolute atomic E-state index is 4.52. The van der Waals surface area contributed by atoms with Gasteiger partial charge in [-0.2, -0.15) is 5.10 Å². The van der Waals surface area contributed by atoms with Crippen LogP contribution in [0.1, 0.15) is 50.4 Å². The number of unbranched alkanes of at least 4 members (excludes halogenated alkanes) is 1. The normalized spacial score (nSPS) is 12.6. The Bertz CT molecular complexity index is 341. The number of nitrogens with one attached hydrogen (secondary N) is 1. The highest BCUT2D eigenvalue weighted by Gasteiger charge is 2.16. The van der Waals surface area contributed by atoms with E-state index in [0.29, 0.717) is 6.04 Å². The summed E-state index contributed by atoms with van der Waals surface area (Å²) >= 11 is 0. The molecule has 1 unspecified atom stereocenters. The van der Waals surface area contributed by atoms with E-state index in [0.717, 1.165) is 25.8 Å². The Morgan fingerprint density at radius 1 is 1.53 bits per heavy atom. The molecule has 3 heteroatoms. The van der Waals surface area contributed by atoms with Gasteiger partial charge in [-0.1, -0.05) is 19.9 Å². The van der Waals surface area contributed by atoms with Crippen LogP contribution in [-0.4, -0.2) is 16.3 Å². The topological polar surface area (TPSA) is 29.9 Å². The minimum absolute atomic E-state index is 0.434. The Balaban J connectivity index is 2.76. The molecule has 0 bridgehead atoms. The van der Waals surface area contributed by atoms with Gasteiger partial charge in [0.15, 0.2) is 0 Å². The molecule has 0 aliphatic carbocycles. The lowest BCUT2D eigenvalue weighted by Gasteiger charge is -2.17. The van der Waals surface area contributed by atoms with E-state index in [2.05, 4.69) is 37.0 Å². The van der Waals surface area contributed by atoms with Gasteiger partial charge in [0.1, 0.15) is 0 Å². The van der Waals surface area contributed by atoms with E-state index < -0.39 is 0 Å². The maximum Gasteiger partial charge on any atom is 0.0669 e. The second kappa shape index (κ2) is 7.28. The number of nitrogens with zero attached hydrogens (tertiary/aromatic N) is 2. The van der Waals surface area contributed by atoms with Crippen LogP contribution in [0.5, 0.6) is 0 Å². The minimum atomic E-state index is 0.434. The molecule has 0 saturated carbocycles. The minimum Gasteiger partial charge on any atom is -0.310 e. The monoisotopic (exact) mass is 235 g/mol. The predicted molar refractivity (Wildman–Crippen MR) is 73.1 cm³/mol. The van der Waals surface area contributed by atoms with E-state index in [1.165, 1.54) is 17.7 Å². The van der Waals surface area contributed by atoms with E-state index in [1.807, 2.05) is 17.8 Å².